The third-order valence-corrected chi connectivity index (χ3v) is 5.57. The maximum absolute atomic E-state index is 14.5. The van der Waals surface area contributed by atoms with Gasteiger partial charge in [0.2, 0.25) is 0 Å². The number of carbonyl (C=O) groups excluding carboxylic acids is 1. The molecule has 2 unspecified atom stereocenters. The summed E-state index contributed by atoms with van der Waals surface area (Å²) in [5.41, 5.74) is -4.72. The SMILES string of the molecule is COCc1c(F)c(F)c(CC2(C(=O)O)C(C=CC(=O)OC)C2(C)C)c(F)c1F. The molecular formula is C19H20F4O5. The van der Waals surface area contributed by atoms with Crippen molar-refractivity contribution in [3.63, 3.8) is 0 Å². The second kappa shape index (κ2) is 7.54. The molecule has 0 amide bonds. The fraction of sp³-hybridized carbons (Fsp3) is 0.474. The van der Waals surface area contributed by atoms with E-state index in [0.29, 0.717) is 0 Å². The second-order valence-electron chi connectivity index (χ2n) is 7.18. The number of carboxylic acids is 1. The largest absolute Gasteiger partial charge is 0.481 e. The first-order valence-corrected chi connectivity index (χ1v) is 8.29. The minimum atomic E-state index is -1.76. The van der Waals surface area contributed by atoms with Crippen molar-refractivity contribution in [2.45, 2.75) is 26.9 Å². The fourth-order valence-electron chi connectivity index (χ4n) is 3.79. The van der Waals surface area contributed by atoms with E-state index in [1.807, 2.05) is 0 Å². The highest BCUT2D eigenvalue weighted by atomic mass is 19.2. The molecule has 0 radical (unpaired) electrons. The molecule has 1 fully saturated rings. The molecule has 154 valence electrons. The summed E-state index contributed by atoms with van der Waals surface area (Å²) in [5.74, 6) is -9.54. The summed E-state index contributed by atoms with van der Waals surface area (Å²) in [6.07, 6.45) is 1.47. The van der Waals surface area contributed by atoms with Crippen molar-refractivity contribution in [1.82, 2.24) is 0 Å². The first-order valence-electron chi connectivity index (χ1n) is 8.29. The van der Waals surface area contributed by atoms with E-state index in [1.165, 1.54) is 19.9 Å². The Morgan fingerprint density at radius 1 is 1.04 bits per heavy atom. The highest BCUT2D eigenvalue weighted by Crippen LogP contribution is 2.71. The molecule has 5 nitrogen and oxygen atoms in total. The van der Waals surface area contributed by atoms with Gasteiger partial charge in [-0.3, -0.25) is 4.79 Å². The topological polar surface area (TPSA) is 72.8 Å². The van der Waals surface area contributed by atoms with Crippen LogP contribution in [-0.4, -0.2) is 31.3 Å². The molecule has 1 saturated carbocycles. The van der Waals surface area contributed by atoms with Crippen molar-refractivity contribution in [3.05, 3.63) is 46.5 Å². The molecule has 28 heavy (non-hydrogen) atoms. The highest BCUT2D eigenvalue weighted by Gasteiger charge is 2.74. The summed E-state index contributed by atoms with van der Waals surface area (Å²) >= 11 is 0. The first-order chi connectivity index (χ1) is 13.0. The number of esters is 1. The lowest BCUT2D eigenvalue weighted by Gasteiger charge is -2.18. The number of methoxy groups -OCH3 is 2. The number of hydrogen-bond donors (Lipinski definition) is 1. The quantitative estimate of drug-likeness (QED) is 0.326. The van der Waals surface area contributed by atoms with Gasteiger partial charge >= 0.3 is 11.9 Å². The monoisotopic (exact) mass is 404 g/mol. The molecule has 0 saturated heterocycles. The third kappa shape index (κ3) is 3.17. The zero-order chi connectivity index (χ0) is 21.4. The Bertz CT molecular complexity index is 820. The van der Waals surface area contributed by atoms with E-state index >= 15 is 0 Å². The molecular weight excluding hydrogens is 384 g/mol. The van der Waals surface area contributed by atoms with Gasteiger partial charge in [0.15, 0.2) is 23.3 Å². The summed E-state index contributed by atoms with van der Waals surface area (Å²) < 4.78 is 66.3. The Kier molecular flexibility index (Phi) is 5.89. The average Bonchev–Trinajstić information content (AvgIpc) is 3.13. The molecule has 2 atom stereocenters. The van der Waals surface area contributed by atoms with Crippen LogP contribution in [0.4, 0.5) is 17.6 Å². The maximum atomic E-state index is 14.5. The molecule has 1 aromatic carbocycles. The third-order valence-electron chi connectivity index (χ3n) is 5.57. The van der Waals surface area contributed by atoms with Crippen molar-refractivity contribution in [2.24, 2.45) is 16.7 Å². The van der Waals surface area contributed by atoms with Crippen LogP contribution >= 0.6 is 0 Å². The van der Waals surface area contributed by atoms with Crippen LogP contribution in [0.15, 0.2) is 12.2 Å². The van der Waals surface area contributed by atoms with Crippen molar-refractivity contribution in [3.8, 4) is 0 Å². The van der Waals surface area contributed by atoms with Gasteiger partial charge in [0.25, 0.3) is 0 Å². The highest BCUT2D eigenvalue weighted by molar-refractivity contribution is 5.85. The number of allylic oxidation sites excluding steroid dienone is 1. The van der Waals surface area contributed by atoms with E-state index in [-0.39, 0.29) is 0 Å². The summed E-state index contributed by atoms with van der Waals surface area (Å²) in [5, 5.41) is 9.75. The van der Waals surface area contributed by atoms with Crippen LogP contribution in [0.3, 0.4) is 0 Å². The van der Waals surface area contributed by atoms with Crippen LogP contribution in [0.25, 0.3) is 0 Å². The van der Waals surface area contributed by atoms with Gasteiger partial charge in [0, 0.05) is 24.7 Å². The van der Waals surface area contributed by atoms with Crippen LogP contribution in [0.2, 0.25) is 0 Å². The van der Waals surface area contributed by atoms with Crippen LogP contribution in [-0.2, 0) is 32.1 Å². The summed E-state index contributed by atoms with van der Waals surface area (Å²) in [4.78, 5) is 23.3. The van der Waals surface area contributed by atoms with E-state index in [2.05, 4.69) is 9.47 Å². The lowest BCUT2D eigenvalue weighted by atomic mass is 9.87. The number of rotatable bonds is 7. The Labute approximate surface area is 158 Å². The van der Waals surface area contributed by atoms with Gasteiger partial charge < -0.3 is 14.6 Å². The number of carbonyl (C=O) groups is 2. The van der Waals surface area contributed by atoms with E-state index in [1.54, 1.807) is 0 Å². The standard InChI is InChI=1S/C19H20F4O5/c1-18(2)11(5-6-12(24)28-4)19(18,17(25)26)7-9-13(20)15(22)10(8-27-3)16(23)14(9)21/h5-6,11H,7-8H2,1-4H3,(H,25,26). The average molecular weight is 404 g/mol. The Hall–Kier alpha value is -2.42. The van der Waals surface area contributed by atoms with E-state index in [9.17, 15) is 32.3 Å². The number of carboxylic acid groups (broad SMARTS) is 1. The van der Waals surface area contributed by atoms with Gasteiger partial charge in [-0.1, -0.05) is 19.9 Å². The Morgan fingerprint density at radius 3 is 1.96 bits per heavy atom. The van der Waals surface area contributed by atoms with Crippen molar-refractivity contribution >= 4 is 11.9 Å². The van der Waals surface area contributed by atoms with Crippen LogP contribution < -0.4 is 0 Å². The number of aliphatic carboxylic acids is 1. The van der Waals surface area contributed by atoms with E-state index < -0.39 is 76.1 Å². The lowest BCUT2D eigenvalue weighted by Crippen LogP contribution is -2.26. The second-order valence-corrected chi connectivity index (χ2v) is 7.18. The van der Waals surface area contributed by atoms with Crippen molar-refractivity contribution in [2.75, 3.05) is 14.2 Å². The zero-order valence-electron chi connectivity index (χ0n) is 15.7. The molecule has 2 rings (SSSR count). The minimum absolute atomic E-state index is 0.689. The lowest BCUT2D eigenvalue weighted by molar-refractivity contribution is -0.145. The molecule has 1 aliphatic carbocycles. The minimum Gasteiger partial charge on any atom is -0.481 e. The fourth-order valence-corrected chi connectivity index (χ4v) is 3.79. The molecule has 0 aromatic heterocycles. The molecule has 0 heterocycles. The van der Waals surface area contributed by atoms with Gasteiger partial charge in [0.1, 0.15) is 0 Å². The van der Waals surface area contributed by atoms with Crippen LogP contribution in [0.1, 0.15) is 25.0 Å². The molecule has 1 aliphatic rings. The van der Waals surface area contributed by atoms with Gasteiger partial charge in [-0.05, 0) is 11.8 Å². The van der Waals surface area contributed by atoms with Crippen molar-refractivity contribution in [1.29, 1.82) is 0 Å². The molecule has 1 N–H and O–H groups in total. The van der Waals surface area contributed by atoms with Gasteiger partial charge in [-0.2, -0.15) is 0 Å². The van der Waals surface area contributed by atoms with Crippen molar-refractivity contribution < 1.29 is 41.7 Å². The number of hydrogen-bond acceptors (Lipinski definition) is 4. The molecule has 0 spiro atoms. The van der Waals surface area contributed by atoms with E-state index in [0.717, 1.165) is 20.3 Å². The first kappa shape index (κ1) is 21.9. The summed E-state index contributed by atoms with van der Waals surface area (Å²) in [6, 6.07) is 0. The number of ether oxygens (including phenoxy) is 2. The van der Waals surface area contributed by atoms with Gasteiger partial charge in [0.05, 0.1) is 24.7 Å². The van der Waals surface area contributed by atoms with E-state index in [4.69, 9.17) is 0 Å². The maximum Gasteiger partial charge on any atom is 0.330 e. The summed E-state index contributed by atoms with van der Waals surface area (Å²) in [6.45, 7) is 2.36. The summed E-state index contributed by atoms with van der Waals surface area (Å²) in [7, 11) is 2.24. The molecule has 0 bridgehead atoms. The number of benzene rings is 1. The smallest absolute Gasteiger partial charge is 0.330 e. The zero-order valence-corrected chi connectivity index (χ0v) is 15.7. The van der Waals surface area contributed by atoms with Crippen LogP contribution in [0, 0.1) is 40.0 Å². The molecule has 0 aliphatic heterocycles. The van der Waals surface area contributed by atoms with Gasteiger partial charge in [-0.15, -0.1) is 0 Å². The molecule has 1 aromatic rings. The van der Waals surface area contributed by atoms with Gasteiger partial charge in [-0.25, -0.2) is 22.4 Å². The number of halogens is 4. The van der Waals surface area contributed by atoms with Crippen LogP contribution in [0.5, 0.6) is 0 Å². The normalized spacial score (nSPS) is 23.1. The predicted molar refractivity (Wildman–Crippen MR) is 89.2 cm³/mol. The Balaban J connectivity index is 2.54. The Morgan fingerprint density at radius 2 is 1.54 bits per heavy atom. The molecule has 9 heteroatoms. The predicted octanol–water partition coefficient (Wildman–Crippen LogP) is 3.39.